The van der Waals surface area contributed by atoms with Gasteiger partial charge in [-0.1, -0.05) is 6.07 Å². The number of hydroxylamine groups is 2. The number of benzene rings is 1. The Bertz CT molecular complexity index is 1630. The number of primary amides is 1. The maximum absolute atomic E-state index is 14.1. The summed E-state index contributed by atoms with van der Waals surface area (Å²) in [5.41, 5.74) is 8.12. The Labute approximate surface area is 249 Å². The Hall–Kier alpha value is -4.08. The Morgan fingerprint density at radius 3 is 2.63 bits per heavy atom. The van der Waals surface area contributed by atoms with Gasteiger partial charge >= 0.3 is 0 Å². The lowest BCUT2D eigenvalue weighted by Crippen LogP contribution is -2.63. The number of nitrogens with zero attached hydrogens (tertiary/aromatic N) is 1. The molecule has 9 N–H and O–H groups in total. The molecule has 1 aliphatic heterocycles. The number of thiophene rings is 1. The van der Waals surface area contributed by atoms with E-state index in [9.17, 15) is 39.6 Å². The second-order valence-electron chi connectivity index (χ2n) is 11.2. The number of phenolic OH excluding ortho intramolecular Hbond substituents is 1. The van der Waals surface area contributed by atoms with Crippen LogP contribution in [0.25, 0.3) is 10.4 Å². The van der Waals surface area contributed by atoms with E-state index in [1.165, 1.54) is 16.4 Å². The molecule has 43 heavy (non-hydrogen) atoms. The summed E-state index contributed by atoms with van der Waals surface area (Å²) in [6.07, 6.45) is 1.74. The number of phenols is 1. The predicted octanol–water partition coefficient (Wildman–Crippen LogP) is 1.21. The number of anilines is 1. The summed E-state index contributed by atoms with van der Waals surface area (Å²) in [6.45, 7) is 0.950. The number of nitrogens with two attached hydrogens (primary N) is 2. The SMILES string of the molecule is NC(=O)C1=C(O)[C@@H](N)[C@@H]2C[C@@H]3Cc4c(-c5cccs5)cc(NC(=O)CN5CCCCO5)c(O)c4C(=O)C3=C(O)[C@]2(O)C1=O. The summed E-state index contributed by atoms with van der Waals surface area (Å²) in [7, 11) is 0. The fraction of sp³-hybridized carbons (Fsp3) is 0.379. The van der Waals surface area contributed by atoms with Gasteiger partial charge < -0.3 is 37.2 Å². The maximum atomic E-state index is 14.1. The van der Waals surface area contributed by atoms with Gasteiger partial charge in [-0.3, -0.25) is 24.0 Å². The van der Waals surface area contributed by atoms with Crippen molar-refractivity contribution in [3.8, 4) is 16.2 Å². The molecule has 4 aliphatic rings. The first kappa shape index (κ1) is 29.0. The molecule has 3 aliphatic carbocycles. The van der Waals surface area contributed by atoms with Gasteiger partial charge in [0, 0.05) is 22.9 Å². The number of hydrogen-bond donors (Lipinski definition) is 7. The summed E-state index contributed by atoms with van der Waals surface area (Å²) in [4.78, 5) is 58.5. The molecule has 226 valence electrons. The van der Waals surface area contributed by atoms with Gasteiger partial charge in [0.25, 0.3) is 5.91 Å². The third-order valence-corrected chi connectivity index (χ3v) is 9.61. The molecule has 4 atom stereocenters. The molecule has 1 aromatic heterocycles. The standard InChI is InChI=1S/C29H30N4O9S/c30-22-15-9-12-8-14-13(17-4-3-7-43-17)10-16(32-18(34)11-33-5-1-2-6-42-33)23(35)20(14)24(36)19(12)26(38)29(15,41)27(39)21(25(22)37)28(31)40/h3-4,7,10,12,15,22,35,37-38,41H,1-2,5-6,8-9,11,30H2,(H2,31,40)(H,32,34)/t12-,15-,22-,29-/m0/s1. The molecule has 0 saturated carbocycles. The molecule has 1 fully saturated rings. The molecule has 0 radical (unpaired) electrons. The smallest absolute Gasteiger partial charge is 0.255 e. The van der Waals surface area contributed by atoms with Crippen molar-refractivity contribution >= 4 is 40.4 Å². The van der Waals surface area contributed by atoms with Gasteiger partial charge in [0.1, 0.15) is 23.6 Å². The summed E-state index contributed by atoms with van der Waals surface area (Å²) in [6, 6.07) is 3.78. The summed E-state index contributed by atoms with van der Waals surface area (Å²) < 4.78 is 0. The van der Waals surface area contributed by atoms with E-state index in [1.807, 2.05) is 17.5 Å². The summed E-state index contributed by atoms with van der Waals surface area (Å²) >= 11 is 1.38. The molecular formula is C29H30N4O9S. The van der Waals surface area contributed by atoms with Gasteiger partial charge in [0.15, 0.2) is 17.1 Å². The predicted molar refractivity (Wildman–Crippen MR) is 153 cm³/mol. The lowest BCUT2D eigenvalue weighted by Gasteiger charge is -2.47. The van der Waals surface area contributed by atoms with E-state index in [-0.39, 0.29) is 36.2 Å². The van der Waals surface area contributed by atoms with E-state index in [0.29, 0.717) is 24.3 Å². The number of allylic oxidation sites excluding steroid dienone is 1. The lowest BCUT2D eigenvalue weighted by atomic mass is 9.58. The Kier molecular flexibility index (Phi) is 7.13. The highest BCUT2D eigenvalue weighted by molar-refractivity contribution is 7.13. The normalized spacial score (nSPS) is 27.4. The Balaban J connectivity index is 1.46. The zero-order chi connectivity index (χ0) is 30.8. The molecule has 13 nitrogen and oxygen atoms in total. The van der Waals surface area contributed by atoms with Crippen LogP contribution in [0.15, 0.2) is 46.2 Å². The van der Waals surface area contributed by atoms with Gasteiger partial charge in [-0.25, -0.2) is 0 Å². The average molecular weight is 611 g/mol. The van der Waals surface area contributed by atoms with E-state index in [1.54, 1.807) is 6.07 Å². The van der Waals surface area contributed by atoms with Crippen LogP contribution in [-0.4, -0.2) is 80.2 Å². The Morgan fingerprint density at radius 1 is 1.21 bits per heavy atom. The topological polar surface area (TPSA) is 226 Å². The molecular weight excluding hydrogens is 580 g/mol. The Morgan fingerprint density at radius 2 is 1.98 bits per heavy atom. The zero-order valence-corrected chi connectivity index (χ0v) is 23.6. The fourth-order valence-corrected chi connectivity index (χ4v) is 7.42. The van der Waals surface area contributed by atoms with E-state index in [0.717, 1.165) is 17.7 Å². The van der Waals surface area contributed by atoms with Crippen molar-refractivity contribution in [2.24, 2.45) is 23.3 Å². The van der Waals surface area contributed by atoms with Gasteiger partial charge in [-0.05, 0) is 60.2 Å². The summed E-state index contributed by atoms with van der Waals surface area (Å²) in [5, 5.41) is 50.8. The largest absolute Gasteiger partial charge is 0.510 e. The molecule has 2 amide bonds. The van der Waals surface area contributed by atoms with E-state index < -0.39 is 69.7 Å². The number of aliphatic hydroxyl groups excluding tert-OH is 2. The molecule has 0 spiro atoms. The van der Waals surface area contributed by atoms with E-state index >= 15 is 0 Å². The number of aliphatic hydroxyl groups is 3. The molecule has 14 heteroatoms. The van der Waals surface area contributed by atoms with Crippen molar-refractivity contribution in [1.82, 2.24) is 5.06 Å². The average Bonchev–Trinajstić information content (AvgIpc) is 3.50. The van der Waals surface area contributed by atoms with Gasteiger partial charge in [-0.2, -0.15) is 5.06 Å². The van der Waals surface area contributed by atoms with Crippen LogP contribution in [0.5, 0.6) is 5.75 Å². The van der Waals surface area contributed by atoms with Crippen molar-refractivity contribution in [2.45, 2.75) is 37.3 Å². The van der Waals surface area contributed by atoms with Crippen molar-refractivity contribution in [3.05, 3.63) is 57.4 Å². The number of carbonyl (C=O) groups is 4. The van der Waals surface area contributed by atoms with Crippen LogP contribution in [0, 0.1) is 11.8 Å². The lowest BCUT2D eigenvalue weighted by molar-refractivity contribution is -0.182. The van der Waals surface area contributed by atoms with Crippen LogP contribution in [-0.2, 0) is 25.6 Å². The van der Waals surface area contributed by atoms with Gasteiger partial charge in [0.05, 0.1) is 23.9 Å². The highest BCUT2D eigenvalue weighted by Crippen LogP contribution is 2.53. The minimum absolute atomic E-state index is 0.0388. The second kappa shape index (κ2) is 10.6. The quantitative estimate of drug-likeness (QED) is 0.188. The molecule has 2 aromatic rings. The second-order valence-corrected chi connectivity index (χ2v) is 12.1. The number of hydrogen-bond acceptors (Lipinski definition) is 12. The van der Waals surface area contributed by atoms with Crippen LogP contribution >= 0.6 is 11.3 Å². The first-order valence-electron chi connectivity index (χ1n) is 13.8. The number of ketones is 2. The number of nitrogens with one attached hydrogen (secondary N) is 1. The minimum Gasteiger partial charge on any atom is -0.510 e. The van der Waals surface area contributed by atoms with Crippen molar-refractivity contribution in [1.29, 1.82) is 0 Å². The maximum Gasteiger partial charge on any atom is 0.255 e. The van der Waals surface area contributed by atoms with Crippen LogP contribution in [0.3, 0.4) is 0 Å². The number of Topliss-reactive ketones (excluding diaryl/α,β-unsaturated/α-hetero) is 2. The van der Waals surface area contributed by atoms with Crippen molar-refractivity contribution in [3.63, 3.8) is 0 Å². The van der Waals surface area contributed by atoms with E-state index in [4.69, 9.17) is 16.3 Å². The highest BCUT2D eigenvalue weighted by Gasteiger charge is 2.62. The number of carbonyl (C=O) groups excluding carboxylic acids is 4. The minimum atomic E-state index is -2.80. The molecule has 1 aromatic carbocycles. The molecule has 6 rings (SSSR count). The molecule has 2 heterocycles. The van der Waals surface area contributed by atoms with Crippen LogP contribution in [0.4, 0.5) is 5.69 Å². The number of fused-ring (bicyclic) bond motifs is 3. The monoisotopic (exact) mass is 610 g/mol. The van der Waals surface area contributed by atoms with Gasteiger partial charge in [0.2, 0.25) is 11.7 Å². The van der Waals surface area contributed by atoms with Crippen LogP contribution in [0.1, 0.15) is 35.2 Å². The van der Waals surface area contributed by atoms with Gasteiger partial charge in [-0.15, -0.1) is 11.3 Å². The molecule has 0 unspecified atom stereocenters. The fourth-order valence-electron chi connectivity index (χ4n) is 6.65. The van der Waals surface area contributed by atoms with Crippen molar-refractivity contribution in [2.75, 3.05) is 25.0 Å². The highest BCUT2D eigenvalue weighted by atomic mass is 32.1. The molecule has 0 bridgehead atoms. The first-order valence-corrected chi connectivity index (χ1v) is 14.7. The van der Waals surface area contributed by atoms with Crippen LogP contribution in [0.2, 0.25) is 0 Å². The molecule has 1 saturated heterocycles. The van der Waals surface area contributed by atoms with E-state index in [2.05, 4.69) is 5.32 Å². The number of rotatable bonds is 5. The number of amides is 2. The summed E-state index contributed by atoms with van der Waals surface area (Å²) in [5.74, 6) is -8.44. The third-order valence-electron chi connectivity index (χ3n) is 8.71. The zero-order valence-electron chi connectivity index (χ0n) is 22.8. The third kappa shape index (κ3) is 4.44. The van der Waals surface area contributed by atoms with Crippen LogP contribution < -0.4 is 16.8 Å². The van der Waals surface area contributed by atoms with Crippen molar-refractivity contribution < 1.29 is 44.4 Å². The first-order chi connectivity index (χ1) is 20.4. The number of aromatic hydroxyl groups is 1.